The lowest BCUT2D eigenvalue weighted by Crippen LogP contribution is -2.52. The van der Waals surface area contributed by atoms with Gasteiger partial charge in [-0.15, -0.1) is 0 Å². The Kier molecular flexibility index (Phi) is 6.35. The van der Waals surface area contributed by atoms with Crippen molar-refractivity contribution in [3.8, 4) is 11.1 Å². The molecule has 0 N–H and O–H groups in total. The van der Waals surface area contributed by atoms with Crippen molar-refractivity contribution in [3.05, 3.63) is 59.7 Å². The summed E-state index contributed by atoms with van der Waals surface area (Å²) in [4.78, 5) is 5.01. The molecular formula is C25H34N2O2. The minimum atomic E-state index is 0.0605. The highest BCUT2D eigenvalue weighted by atomic mass is 16.5. The lowest BCUT2D eigenvalue weighted by Gasteiger charge is -2.43. The van der Waals surface area contributed by atoms with Crippen LogP contribution in [0.25, 0.3) is 11.1 Å². The molecule has 29 heavy (non-hydrogen) atoms. The fraction of sp³-hybridized carbons (Fsp3) is 0.520. The third-order valence-electron chi connectivity index (χ3n) is 6.55. The average molecular weight is 395 g/mol. The summed E-state index contributed by atoms with van der Waals surface area (Å²) in [6.45, 7) is 11.4. The monoisotopic (exact) mass is 394 g/mol. The van der Waals surface area contributed by atoms with Gasteiger partial charge in [0.25, 0.3) is 0 Å². The summed E-state index contributed by atoms with van der Waals surface area (Å²) in [5, 5.41) is 0. The maximum atomic E-state index is 5.92. The van der Waals surface area contributed by atoms with Gasteiger partial charge in [-0.3, -0.25) is 4.90 Å². The number of piperazine rings is 1. The smallest absolute Gasteiger partial charge is 0.0834 e. The molecule has 156 valence electrons. The Morgan fingerprint density at radius 1 is 0.931 bits per heavy atom. The molecule has 2 heterocycles. The molecule has 0 radical (unpaired) electrons. The first-order valence-electron chi connectivity index (χ1n) is 10.9. The van der Waals surface area contributed by atoms with Crippen molar-refractivity contribution in [2.45, 2.75) is 38.5 Å². The molecule has 4 heteroatoms. The van der Waals surface area contributed by atoms with Crippen LogP contribution in [0.3, 0.4) is 0 Å². The molecule has 0 bridgehead atoms. The molecule has 4 nitrogen and oxygen atoms in total. The highest BCUT2D eigenvalue weighted by Crippen LogP contribution is 2.30. The van der Waals surface area contributed by atoms with Crippen LogP contribution in [0.1, 0.15) is 31.4 Å². The van der Waals surface area contributed by atoms with Crippen molar-refractivity contribution < 1.29 is 9.47 Å². The van der Waals surface area contributed by atoms with Crippen LogP contribution in [-0.4, -0.2) is 62.3 Å². The molecule has 0 spiro atoms. The predicted molar refractivity (Wildman–Crippen MR) is 118 cm³/mol. The number of hydrogen-bond donors (Lipinski definition) is 0. The van der Waals surface area contributed by atoms with Gasteiger partial charge in [-0.2, -0.15) is 0 Å². The predicted octanol–water partition coefficient (Wildman–Crippen LogP) is 4.14. The van der Waals surface area contributed by atoms with Crippen LogP contribution in [0.4, 0.5) is 0 Å². The number of hydrogen-bond acceptors (Lipinski definition) is 4. The summed E-state index contributed by atoms with van der Waals surface area (Å²) in [5.41, 5.74) is 5.18. The third kappa shape index (κ3) is 4.89. The third-order valence-corrected chi connectivity index (χ3v) is 6.55. The zero-order chi connectivity index (χ0) is 20.3. The highest BCUT2D eigenvalue weighted by molar-refractivity contribution is 5.64. The Morgan fingerprint density at radius 3 is 2.14 bits per heavy atom. The Morgan fingerprint density at radius 2 is 1.55 bits per heavy atom. The van der Waals surface area contributed by atoms with Gasteiger partial charge >= 0.3 is 0 Å². The molecule has 4 rings (SSSR count). The van der Waals surface area contributed by atoms with Gasteiger partial charge in [-0.25, -0.2) is 0 Å². The molecule has 2 saturated heterocycles. The summed E-state index contributed by atoms with van der Waals surface area (Å²) in [5.74, 6) is 0. The fourth-order valence-electron chi connectivity index (χ4n) is 4.27. The van der Waals surface area contributed by atoms with E-state index in [-0.39, 0.29) is 11.6 Å². The van der Waals surface area contributed by atoms with Gasteiger partial charge in [0.2, 0.25) is 0 Å². The van der Waals surface area contributed by atoms with Gasteiger partial charge in [-0.05, 0) is 49.6 Å². The second kappa shape index (κ2) is 8.97. The van der Waals surface area contributed by atoms with Gasteiger partial charge in [0, 0.05) is 38.3 Å². The van der Waals surface area contributed by atoms with E-state index in [4.69, 9.17) is 9.47 Å². The number of ether oxygens (including phenoxy) is 2. The van der Waals surface area contributed by atoms with Crippen LogP contribution in [0, 0.1) is 0 Å². The molecule has 0 aromatic heterocycles. The van der Waals surface area contributed by atoms with E-state index in [1.165, 1.54) is 22.3 Å². The average Bonchev–Trinajstić information content (AvgIpc) is 3.27. The number of rotatable bonds is 6. The normalized spacial score (nSPS) is 21.6. The Hall–Kier alpha value is -1.72. The molecule has 2 aromatic rings. The summed E-state index contributed by atoms with van der Waals surface area (Å²) < 4.78 is 11.3. The quantitative estimate of drug-likeness (QED) is 0.735. The molecule has 2 aliphatic heterocycles. The molecule has 1 atom stereocenters. The largest absolute Gasteiger partial charge is 0.379 e. The first-order chi connectivity index (χ1) is 14.0. The van der Waals surface area contributed by atoms with E-state index in [0.717, 1.165) is 45.8 Å². The Bertz CT molecular complexity index is 771. The molecule has 0 amide bonds. The van der Waals surface area contributed by atoms with Gasteiger partial charge in [0.1, 0.15) is 0 Å². The van der Waals surface area contributed by atoms with Gasteiger partial charge in [-0.1, -0.05) is 48.5 Å². The summed E-state index contributed by atoms with van der Waals surface area (Å²) in [6, 6.07) is 17.9. The molecule has 0 aliphatic carbocycles. The lowest BCUT2D eigenvalue weighted by atomic mass is 9.90. The maximum absolute atomic E-state index is 5.92. The van der Waals surface area contributed by atoms with Crippen LogP contribution >= 0.6 is 0 Å². The maximum Gasteiger partial charge on any atom is 0.0834 e. The summed E-state index contributed by atoms with van der Waals surface area (Å²) in [6.07, 6.45) is 1.26. The van der Waals surface area contributed by atoms with Crippen LogP contribution < -0.4 is 0 Å². The molecule has 2 aromatic carbocycles. The van der Waals surface area contributed by atoms with Crippen molar-refractivity contribution in [2.24, 2.45) is 0 Å². The molecule has 2 fully saturated rings. The first-order valence-corrected chi connectivity index (χ1v) is 10.9. The van der Waals surface area contributed by atoms with E-state index >= 15 is 0 Å². The van der Waals surface area contributed by atoms with Crippen LogP contribution in [0.5, 0.6) is 0 Å². The van der Waals surface area contributed by atoms with E-state index in [9.17, 15) is 0 Å². The topological polar surface area (TPSA) is 24.9 Å². The van der Waals surface area contributed by atoms with Crippen LogP contribution in [-0.2, 0) is 21.6 Å². The van der Waals surface area contributed by atoms with Crippen molar-refractivity contribution in [1.82, 2.24) is 9.80 Å². The molecule has 2 aliphatic rings. The minimum Gasteiger partial charge on any atom is -0.379 e. The second-order valence-electron chi connectivity index (χ2n) is 8.92. The molecule has 0 unspecified atom stereocenters. The Labute approximate surface area is 175 Å². The van der Waals surface area contributed by atoms with Crippen molar-refractivity contribution in [2.75, 3.05) is 46.4 Å². The fourth-order valence-corrected chi connectivity index (χ4v) is 4.27. The van der Waals surface area contributed by atoms with E-state index in [1.54, 1.807) is 0 Å². The minimum absolute atomic E-state index is 0.0605. The lowest BCUT2D eigenvalue weighted by molar-refractivity contribution is 0.0317. The van der Waals surface area contributed by atoms with Crippen molar-refractivity contribution in [3.63, 3.8) is 0 Å². The summed E-state index contributed by atoms with van der Waals surface area (Å²) >= 11 is 0. The van der Waals surface area contributed by atoms with Crippen LogP contribution in [0.15, 0.2) is 48.5 Å². The SMILES string of the molecule is CN1CCN(C(C)(C)c2ccc(-c3ccc(CO[C@@H]4CCOC4)cc3)cc2)CC1. The van der Waals surface area contributed by atoms with E-state index in [2.05, 4.69) is 79.2 Å². The van der Waals surface area contributed by atoms with E-state index in [0.29, 0.717) is 6.61 Å². The summed E-state index contributed by atoms with van der Waals surface area (Å²) in [7, 11) is 2.21. The Balaban J connectivity index is 1.39. The zero-order valence-electron chi connectivity index (χ0n) is 18.1. The van der Waals surface area contributed by atoms with Gasteiger partial charge in [0.15, 0.2) is 0 Å². The van der Waals surface area contributed by atoms with Gasteiger partial charge in [0.05, 0.1) is 19.3 Å². The second-order valence-corrected chi connectivity index (χ2v) is 8.92. The zero-order valence-corrected chi connectivity index (χ0v) is 18.1. The standard InChI is InChI=1S/C25H34N2O2/c1-25(2,27-15-13-26(3)14-16-27)23-10-8-22(9-11-23)21-6-4-20(5-7-21)18-29-24-12-17-28-19-24/h4-11,24H,12-19H2,1-3H3/t24-/m1/s1. The van der Waals surface area contributed by atoms with E-state index in [1.807, 2.05) is 0 Å². The molecule has 0 saturated carbocycles. The number of benzene rings is 2. The van der Waals surface area contributed by atoms with Crippen LogP contribution in [0.2, 0.25) is 0 Å². The van der Waals surface area contributed by atoms with Crippen molar-refractivity contribution >= 4 is 0 Å². The highest BCUT2D eigenvalue weighted by Gasteiger charge is 2.30. The number of nitrogens with zero attached hydrogens (tertiary/aromatic N) is 2. The first kappa shape index (κ1) is 20.5. The van der Waals surface area contributed by atoms with Crippen molar-refractivity contribution in [1.29, 1.82) is 0 Å². The van der Waals surface area contributed by atoms with E-state index < -0.39 is 0 Å². The number of likely N-dealkylation sites (N-methyl/N-ethyl adjacent to an activating group) is 1. The van der Waals surface area contributed by atoms with Gasteiger partial charge < -0.3 is 14.4 Å². The molecular weight excluding hydrogens is 360 g/mol.